The number of hydrogen-bond acceptors (Lipinski definition) is 4. The molecule has 4 heterocycles. The van der Waals surface area contributed by atoms with Crippen LogP contribution in [0.2, 0.25) is 0 Å². The number of likely N-dealkylation sites (tertiary alicyclic amines) is 1. The van der Waals surface area contributed by atoms with Gasteiger partial charge in [0.2, 0.25) is 5.91 Å². The minimum Gasteiger partial charge on any atom is -0.336 e. The zero-order valence-electron chi connectivity index (χ0n) is 17.8. The highest BCUT2D eigenvalue weighted by atomic mass is 16.2. The SMILES string of the molecule is CCCc1nc2cccnc2n1C1CCN(C(=O)c2ccc(N3CCCC3=O)cc2)C1. The fourth-order valence-electron chi connectivity index (χ4n) is 4.78. The molecular weight excluding hydrogens is 390 g/mol. The van der Waals surface area contributed by atoms with E-state index in [0.717, 1.165) is 54.9 Å². The molecule has 2 aromatic heterocycles. The second-order valence-electron chi connectivity index (χ2n) is 8.38. The maximum absolute atomic E-state index is 13.1. The molecule has 2 aliphatic heterocycles. The van der Waals surface area contributed by atoms with Crippen molar-refractivity contribution < 1.29 is 9.59 Å². The number of nitrogens with zero attached hydrogens (tertiary/aromatic N) is 5. The van der Waals surface area contributed by atoms with E-state index >= 15 is 0 Å². The molecule has 0 N–H and O–H groups in total. The highest BCUT2D eigenvalue weighted by Gasteiger charge is 2.31. The van der Waals surface area contributed by atoms with E-state index in [1.54, 1.807) is 11.1 Å². The Balaban J connectivity index is 1.34. The van der Waals surface area contributed by atoms with Crippen LogP contribution in [0.5, 0.6) is 0 Å². The van der Waals surface area contributed by atoms with E-state index in [1.807, 2.05) is 41.3 Å². The lowest BCUT2D eigenvalue weighted by molar-refractivity contribution is -0.117. The zero-order chi connectivity index (χ0) is 21.4. The summed E-state index contributed by atoms with van der Waals surface area (Å²) in [6.45, 7) is 4.28. The molecule has 2 amide bonds. The highest BCUT2D eigenvalue weighted by Crippen LogP contribution is 2.29. The number of amides is 2. The molecule has 7 heteroatoms. The van der Waals surface area contributed by atoms with Crippen LogP contribution < -0.4 is 4.90 Å². The molecule has 0 aliphatic carbocycles. The third-order valence-electron chi connectivity index (χ3n) is 6.31. The normalized spacial score (nSPS) is 19.0. The molecule has 2 aliphatic rings. The first-order valence-corrected chi connectivity index (χ1v) is 11.2. The quantitative estimate of drug-likeness (QED) is 0.636. The number of carbonyl (C=O) groups is 2. The van der Waals surface area contributed by atoms with Gasteiger partial charge in [-0.05, 0) is 55.7 Å². The van der Waals surface area contributed by atoms with Gasteiger partial charge in [-0.1, -0.05) is 6.92 Å². The summed E-state index contributed by atoms with van der Waals surface area (Å²) in [4.78, 5) is 38.2. The van der Waals surface area contributed by atoms with Crippen molar-refractivity contribution in [2.75, 3.05) is 24.5 Å². The summed E-state index contributed by atoms with van der Waals surface area (Å²) in [7, 11) is 0. The second-order valence-corrected chi connectivity index (χ2v) is 8.38. The van der Waals surface area contributed by atoms with Crippen molar-refractivity contribution in [2.24, 2.45) is 0 Å². The first-order valence-electron chi connectivity index (χ1n) is 11.2. The third-order valence-corrected chi connectivity index (χ3v) is 6.31. The Labute approximate surface area is 181 Å². The van der Waals surface area contributed by atoms with Gasteiger partial charge in [-0.3, -0.25) is 9.59 Å². The number of rotatable bonds is 5. The van der Waals surface area contributed by atoms with Crippen LogP contribution in [0.15, 0.2) is 42.6 Å². The largest absolute Gasteiger partial charge is 0.336 e. The fourth-order valence-corrected chi connectivity index (χ4v) is 4.78. The summed E-state index contributed by atoms with van der Waals surface area (Å²) < 4.78 is 2.24. The highest BCUT2D eigenvalue weighted by molar-refractivity contribution is 5.97. The average Bonchev–Trinajstić information content (AvgIpc) is 3.51. The van der Waals surface area contributed by atoms with Crippen LogP contribution in [-0.2, 0) is 11.2 Å². The molecule has 160 valence electrons. The first-order chi connectivity index (χ1) is 15.2. The summed E-state index contributed by atoms with van der Waals surface area (Å²) in [6, 6.07) is 11.6. The molecule has 1 unspecified atom stereocenters. The number of carbonyl (C=O) groups excluding carboxylic acids is 2. The molecule has 0 spiro atoms. The molecule has 7 nitrogen and oxygen atoms in total. The predicted molar refractivity (Wildman–Crippen MR) is 119 cm³/mol. The van der Waals surface area contributed by atoms with Crippen LogP contribution in [0.25, 0.3) is 11.2 Å². The minimum atomic E-state index is 0.0382. The van der Waals surface area contributed by atoms with Crippen LogP contribution in [-0.4, -0.2) is 50.9 Å². The van der Waals surface area contributed by atoms with Crippen molar-refractivity contribution in [3.8, 4) is 0 Å². The third kappa shape index (κ3) is 3.58. The van der Waals surface area contributed by atoms with E-state index in [2.05, 4.69) is 16.5 Å². The van der Waals surface area contributed by atoms with Gasteiger partial charge < -0.3 is 14.4 Å². The number of pyridine rings is 1. The standard InChI is InChI=1S/C24H27N5O2/c1-2-5-21-26-20-6-3-13-25-23(20)29(21)19-12-15-27(16-19)24(31)17-8-10-18(11-9-17)28-14-4-7-22(28)30/h3,6,8-11,13,19H,2,4-5,7,12,14-16H2,1H3. The molecule has 0 saturated carbocycles. The summed E-state index contributed by atoms with van der Waals surface area (Å²) in [5.41, 5.74) is 3.37. The maximum Gasteiger partial charge on any atom is 0.253 e. The molecule has 3 aromatic rings. The van der Waals surface area contributed by atoms with Crippen LogP contribution in [0, 0.1) is 0 Å². The summed E-state index contributed by atoms with van der Waals surface area (Å²) in [5, 5.41) is 0. The minimum absolute atomic E-state index is 0.0382. The Morgan fingerprint density at radius 2 is 2.00 bits per heavy atom. The van der Waals surface area contributed by atoms with Gasteiger partial charge in [0.25, 0.3) is 5.91 Å². The lowest BCUT2D eigenvalue weighted by Crippen LogP contribution is -2.29. The van der Waals surface area contributed by atoms with Gasteiger partial charge in [-0.15, -0.1) is 0 Å². The van der Waals surface area contributed by atoms with E-state index in [1.165, 1.54) is 0 Å². The molecule has 31 heavy (non-hydrogen) atoms. The van der Waals surface area contributed by atoms with Crippen LogP contribution in [0.1, 0.15) is 54.8 Å². The van der Waals surface area contributed by atoms with E-state index in [9.17, 15) is 9.59 Å². The molecule has 1 aromatic carbocycles. The lowest BCUT2D eigenvalue weighted by atomic mass is 10.1. The Morgan fingerprint density at radius 1 is 1.16 bits per heavy atom. The van der Waals surface area contributed by atoms with Crippen LogP contribution >= 0.6 is 0 Å². The zero-order valence-corrected chi connectivity index (χ0v) is 17.8. The van der Waals surface area contributed by atoms with E-state index in [4.69, 9.17) is 4.98 Å². The Bertz CT molecular complexity index is 1120. The van der Waals surface area contributed by atoms with E-state index in [-0.39, 0.29) is 17.9 Å². The number of benzene rings is 1. The van der Waals surface area contributed by atoms with Gasteiger partial charge in [-0.25, -0.2) is 9.97 Å². The van der Waals surface area contributed by atoms with Gasteiger partial charge in [0, 0.05) is 49.9 Å². The fraction of sp³-hybridized carbons (Fsp3) is 0.417. The molecule has 1 atom stereocenters. The molecule has 2 fully saturated rings. The Hall–Kier alpha value is -3.22. The summed E-state index contributed by atoms with van der Waals surface area (Å²) in [5.74, 6) is 1.25. The number of aromatic nitrogens is 3. The number of imidazole rings is 1. The number of anilines is 1. The molecule has 5 rings (SSSR count). The number of fused-ring (bicyclic) bond motifs is 1. The van der Waals surface area contributed by atoms with Gasteiger partial charge in [0.1, 0.15) is 11.3 Å². The Kier molecular flexibility index (Phi) is 5.18. The first kappa shape index (κ1) is 19.7. The monoisotopic (exact) mass is 417 g/mol. The van der Waals surface area contributed by atoms with Gasteiger partial charge in [-0.2, -0.15) is 0 Å². The van der Waals surface area contributed by atoms with Crippen molar-refractivity contribution in [2.45, 2.75) is 45.1 Å². The van der Waals surface area contributed by atoms with Crippen molar-refractivity contribution in [1.29, 1.82) is 0 Å². The number of hydrogen-bond donors (Lipinski definition) is 0. The predicted octanol–water partition coefficient (Wildman–Crippen LogP) is 3.60. The average molecular weight is 418 g/mol. The topological polar surface area (TPSA) is 71.3 Å². The van der Waals surface area contributed by atoms with Gasteiger partial charge in [0.05, 0.1) is 6.04 Å². The summed E-state index contributed by atoms with van der Waals surface area (Å²) in [6.07, 6.45) is 6.12. The van der Waals surface area contributed by atoms with E-state index < -0.39 is 0 Å². The second kappa shape index (κ2) is 8.13. The van der Waals surface area contributed by atoms with E-state index in [0.29, 0.717) is 25.1 Å². The molecular formula is C24H27N5O2. The van der Waals surface area contributed by atoms with Crippen LogP contribution in [0.4, 0.5) is 5.69 Å². The molecule has 0 radical (unpaired) electrons. The maximum atomic E-state index is 13.1. The van der Waals surface area contributed by atoms with Gasteiger partial charge >= 0.3 is 0 Å². The number of aryl methyl sites for hydroxylation is 1. The van der Waals surface area contributed by atoms with Crippen LogP contribution in [0.3, 0.4) is 0 Å². The van der Waals surface area contributed by atoms with Crippen molar-refractivity contribution in [1.82, 2.24) is 19.4 Å². The smallest absolute Gasteiger partial charge is 0.253 e. The summed E-state index contributed by atoms with van der Waals surface area (Å²) >= 11 is 0. The molecule has 2 saturated heterocycles. The lowest BCUT2D eigenvalue weighted by Gasteiger charge is -2.20. The van der Waals surface area contributed by atoms with Crippen molar-refractivity contribution >= 4 is 28.7 Å². The van der Waals surface area contributed by atoms with Gasteiger partial charge in [0.15, 0.2) is 5.65 Å². The van der Waals surface area contributed by atoms with Crippen molar-refractivity contribution in [3.05, 3.63) is 54.0 Å². The Morgan fingerprint density at radius 3 is 2.74 bits per heavy atom. The molecule has 0 bridgehead atoms. The van der Waals surface area contributed by atoms with Crippen molar-refractivity contribution in [3.63, 3.8) is 0 Å².